The predicted molar refractivity (Wildman–Crippen MR) is 67.5 cm³/mol. The lowest BCUT2D eigenvalue weighted by atomic mass is 9.68. The molecule has 0 spiro atoms. The van der Waals surface area contributed by atoms with E-state index in [1.54, 1.807) is 6.20 Å². The molecule has 1 heterocycles. The van der Waals surface area contributed by atoms with Gasteiger partial charge in [0.15, 0.2) is 0 Å². The first kappa shape index (κ1) is 13.0. The molecule has 2 N–H and O–H groups in total. The Morgan fingerprint density at radius 2 is 2.33 bits per heavy atom. The summed E-state index contributed by atoms with van der Waals surface area (Å²) in [7, 11) is 0. The van der Waals surface area contributed by atoms with Crippen molar-refractivity contribution in [3.05, 3.63) is 16.6 Å². The van der Waals surface area contributed by atoms with E-state index >= 15 is 0 Å². The summed E-state index contributed by atoms with van der Waals surface area (Å²) in [6.07, 6.45) is 3.42. The van der Waals surface area contributed by atoms with Crippen molar-refractivity contribution < 1.29 is 14.7 Å². The molecule has 1 unspecified atom stereocenters. The lowest BCUT2D eigenvalue weighted by molar-refractivity contribution is -0.162. The van der Waals surface area contributed by atoms with E-state index < -0.39 is 11.4 Å². The fourth-order valence-corrected chi connectivity index (χ4v) is 2.75. The van der Waals surface area contributed by atoms with E-state index in [0.717, 1.165) is 11.4 Å². The van der Waals surface area contributed by atoms with Gasteiger partial charge in [0, 0.05) is 24.0 Å². The van der Waals surface area contributed by atoms with E-state index in [2.05, 4.69) is 10.3 Å². The van der Waals surface area contributed by atoms with Gasteiger partial charge in [0.05, 0.1) is 5.01 Å². The maximum Gasteiger partial charge on any atom is 0.319 e. The number of nitrogens with one attached hydrogen (secondary N) is 1. The third-order valence-corrected chi connectivity index (χ3v) is 4.50. The number of nitrogens with zero attached hydrogens (tertiary/aromatic N) is 1. The van der Waals surface area contributed by atoms with Crippen LogP contribution in [0.3, 0.4) is 0 Å². The van der Waals surface area contributed by atoms with Crippen molar-refractivity contribution in [2.45, 2.75) is 32.1 Å². The molecule has 1 aliphatic rings. The van der Waals surface area contributed by atoms with Gasteiger partial charge in [0.25, 0.3) is 0 Å². The maximum atomic E-state index is 12.0. The molecule has 1 fully saturated rings. The highest BCUT2D eigenvalue weighted by Gasteiger charge is 2.51. The molecule has 0 saturated heterocycles. The molecular weight excluding hydrogens is 252 g/mol. The Labute approximate surface area is 109 Å². The van der Waals surface area contributed by atoms with Crippen molar-refractivity contribution in [2.75, 3.05) is 6.54 Å². The van der Waals surface area contributed by atoms with Gasteiger partial charge in [-0.05, 0) is 12.8 Å². The molecule has 0 aliphatic heterocycles. The number of hydrogen-bond acceptors (Lipinski definition) is 4. The van der Waals surface area contributed by atoms with E-state index in [1.807, 2.05) is 12.3 Å². The predicted octanol–water partition coefficient (Wildman–Crippen LogP) is 1.62. The second-order valence-corrected chi connectivity index (χ2v) is 5.65. The van der Waals surface area contributed by atoms with Crippen LogP contribution in [0.15, 0.2) is 11.6 Å². The van der Waals surface area contributed by atoms with Gasteiger partial charge in [-0.1, -0.05) is 13.3 Å². The number of amides is 1. The zero-order valence-electron chi connectivity index (χ0n) is 10.2. The molecule has 5 nitrogen and oxygen atoms in total. The molecule has 18 heavy (non-hydrogen) atoms. The average Bonchev–Trinajstić information content (AvgIpc) is 2.76. The normalized spacial score (nSPS) is 18.7. The second-order valence-electron chi connectivity index (χ2n) is 4.72. The Hall–Kier alpha value is -1.43. The van der Waals surface area contributed by atoms with Crippen LogP contribution in [-0.4, -0.2) is 28.5 Å². The molecular formula is C12H16N2O3S. The standard InChI is InChI=1S/C12H16N2O3S/c1-8(9-13-5-6-18-9)7-14-10(15)12(11(16)17)3-2-4-12/h5-6,8H,2-4,7H2,1H3,(H,14,15)(H,16,17). The molecule has 1 aromatic heterocycles. The van der Waals surface area contributed by atoms with Crippen molar-refractivity contribution >= 4 is 23.2 Å². The third kappa shape index (κ3) is 2.25. The Bertz CT molecular complexity index is 440. The highest BCUT2D eigenvalue weighted by atomic mass is 32.1. The van der Waals surface area contributed by atoms with Crippen LogP contribution in [0.25, 0.3) is 0 Å². The summed E-state index contributed by atoms with van der Waals surface area (Å²) < 4.78 is 0. The number of carboxylic acid groups (broad SMARTS) is 1. The molecule has 1 aliphatic carbocycles. The highest BCUT2D eigenvalue weighted by molar-refractivity contribution is 7.09. The average molecular weight is 268 g/mol. The van der Waals surface area contributed by atoms with Crippen LogP contribution in [-0.2, 0) is 9.59 Å². The SMILES string of the molecule is CC(CNC(=O)C1(C(=O)O)CCC1)c1nccs1. The van der Waals surface area contributed by atoms with Crippen LogP contribution < -0.4 is 5.32 Å². The first-order valence-corrected chi connectivity index (χ1v) is 6.85. The summed E-state index contributed by atoms with van der Waals surface area (Å²) in [5.74, 6) is -1.25. The van der Waals surface area contributed by atoms with Crippen LogP contribution in [0, 0.1) is 5.41 Å². The molecule has 6 heteroatoms. The Kier molecular flexibility index (Phi) is 3.65. The Morgan fingerprint density at radius 3 is 2.78 bits per heavy atom. The number of aliphatic carboxylic acids is 1. The van der Waals surface area contributed by atoms with Crippen molar-refractivity contribution in [1.82, 2.24) is 10.3 Å². The van der Waals surface area contributed by atoms with Gasteiger partial charge in [-0.25, -0.2) is 4.98 Å². The highest BCUT2D eigenvalue weighted by Crippen LogP contribution is 2.41. The van der Waals surface area contributed by atoms with E-state index in [-0.39, 0.29) is 11.8 Å². The number of thiazole rings is 1. The zero-order valence-corrected chi connectivity index (χ0v) is 11.0. The summed E-state index contributed by atoms with van der Waals surface area (Å²) in [5, 5.41) is 14.7. The van der Waals surface area contributed by atoms with E-state index in [4.69, 9.17) is 5.11 Å². The molecule has 1 aromatic rings. The summed E-state index contributed by atoms with van der Waals surface area (Å²) in [6, 6.07) is 0. The Morgan fingerprint density at radius 1 is 1.61 bits per heavy atom. The van der Waals surface area contributed by atoms with Crippen LogP contribution in [0.1, 0.15) is 37.1 Å². The maximum absolute atomic E-state index is 12.0. The number of carbonyl (C=O) groups excluding carboxylic acids is 1. The summed E-state index contributed by atoms with van der Waals surface area (Å²) in [6.45, 7) is 2.40. The molecule has 2 rings (SSSR count). The van der Waals surface area contributed by atoms with Crippen molar-refractivity contribution in [2.24, 2.45) is 5.41 Å². The van der Waals surface area contributed by atoms with Crippen LogP contribution in [0.2, 0.25) is 0 Å². The van der Waals surface area contributed by atoms with Gasteiger partial charge in [-0.3, -0.25) is 9.59 Å². The van der Waals surface area contributed by atoms with E-state index in [1.165, 1.54) is 11.3 Å². The number of carboxylic acids is 1. The van der Waals surface area contributed by atoms with Crippen LogP contribution in [0.5, 0.6) is 0 Å². The lowest BCUT2D eigenvalue weighted by Crippen LogP contribution is -2.51. The minimum Gasteiger partial charge on any atom is -0.480 e. The van der Waals surface area contributed by atoms with E-state index in [0.29, 0.717) is 19.4 Å². The van der Waals surface area contributed by atoms with Gasteiger partial charge in [0.2, 0.25) is 5.91 Å². The lowest BCUT2D eigenvalue weighted by Gasteiger charge is -2.36. The molecule has 1 amide bonds. The topological polar surface area (TPSA) is 79.3 Å². The number of hydrogen-bond donors (Lipinski definition) is 2. The van der Waals surface area contributed by atoms with Gasteiger partial charge >= 0.3 is 5.97 Å². The van der Waals surface area contributed by atoms with Crippen molar-refractivity contribution in [1.29, 1.82) is 0 Å². The summed E-state index contributed by atoms with van der Waals surface area (Å²) >= 11 is 1.54. The van der Waals surface area contributed by atoms with E-state index in [9.17, 15) is 9.59 Å². The van der Waals surface area contributed by atoms with Crippen molar-refractivity contribution in [3.8, 4) is 0 Å². The van der Waals surface area contributed by atoms with Gasteiger partial charge in [-0.15, -0.1) is 11.3 Å². The molecule has 0 radical (unpaired) electrons. The first-order valence-electron chi connectivity index (χ1n) is 5.97. The molecule has 98 valence electrons. The minimum atomic E-state index is -1.18. The number of rotatable bonds is 5. The van der Waals surface area contributed by atoms with Crippen LogP contribution >= 0.6 is 11.3 Å². The second kappa shape index (κ2) is 5.06. The fraction of sp³-hybridized carbons (Fsp3) is 0.583. The largest absolute Gasteiger partial charge is 0.480 e. The smallest absolute Gasteiger partial charge is 0.319 e. The molecule has 0 aromatic carbocycles. The minimum absolute atomic E-state index is 0.111. The quantitative estimate of drug-likeness (QED) is 0.795. The fourth-order valence-electron chi connectivity index (χ4n) is 2.05. The summed E-state index contributed by atoms with van der Waals surface area (Å²) in [5.41, 5.74) is -1.18. The van der Waals surface area contributed by atoms with Gasteiger partial charge in [-0.2, -0.15) is 0 Å². The monoisotopic (exact) mass is 268 g/mol. The third-order valence-electron chi connectivity index (χ3n) is 3.49. The number of aromatic nitrogens is 1. The van der Waals surface area contributed by atoms with Gasteiger partial charge < -0.3 is 10.4 Å². The first-order chi connectivity index (χ1) is 8.56. The summed E-state index contributed by atoms with van der Waals surface area (Å²) in [4.78, 5) is 27.3. The molecule has 1 saturated carbocycles. The zero-order chi connectivity index (χ0) is 13.2. The van der Waals surface area contributed by atoms with Crippen molar-refractivity contribution in [3.63, 3.8) is 0 Å². The Balaban J connectivity index is 1.90. The van der Waals surface area contributed by atoms with Gasteiger partial charge in [0.1, 0.15) is 5.41 Å². The molecule has 1 atom stereocenters. The van der Waals surface area contributed by atoms with Crippen LogP contribution in [0.4, 0.5) is 0 Å². The number of carbonyl (C=O) groups is 2. The molecule has 0 bridgehead atoms.